The molecule has 206 valence electrons. The van der Waals surface area contributed by atoms with E-state index in [2.05, 4.69) is 22.7 Å². The molecule has 4 atom stereocenters. The predicted octanol–water partition coefficient (Wildman–Crippen LogP) is 1.39. The molecule has 4 rings (SSSR count). The quantitative estimate of drug-likeness (QED) is 0.291. The Labute approximate surface area is 230 Å². The molecule has 1 amide bonds. The zero-order valence-corrected chi connectivity index (χ0v) is 23.1. The molecular formula is C22H25ClN4O8S3. The third-order valence-electron chi connectivity index (χ3n) is 6.22. The van der Waals surface area contributed by atoms with Crippen LogP contribution in [0.2, 0.25) is 5.02 Å². The van der Waals surface area contributed by atoms with Gasteiger partial charge in [-0.05, 0) is 29.8 Å². The summed E-state index contributed by atoms with van der Waals surface area (Å²) in [4.78, 5) is 24.8. The number of carboxylic acids is 1. The summed E-state index contributed by atoms with van der Waals surface area (Å²) < 4.78 is 57.8. The SMILES string of the molecule is CC(CS)C(=O)N1CC(Oc2cccc(C3Nc4cc(Cl)c(S(N)(=O)=O)cc4S(=O)(=O)N3)c2)C[C@H]1C(=O)O. The highest BCUT2D eigenvalue weighted by Gasteiger charge is 2.42. The van der Waals surface area contributed by atoms with Gasteiger partial charge in [0.2, 0.25) is 26.0 Å². The third-order valence-corrected chi connectivity index (χ3v) is 9.61. The number of hydrogen-bond donors (Lipinski definition) is 5. The van der Waals surface area contributed by atoms with Crippen LogP contribution in [0.1, 0.15) is 25.1 Å². The number of carboxylic acid groups (broad SMARTS) is 1. The number of carbonyl (C=O) groups is 2. The number of carbonyl (C=O) groups excluding carboxylic acids is 1. The minimum absolute atomic E-state index is 0.0741. The van der Waals surface area contributed by atoms with Crippen LogP contribution in [0.25, 0.3) is 0 Å². The molecule has 1 fully saturated rings. The van der Waals surface area contributed by atoms with Crippen LogP contribution in [0, 0.1) is 5.92 Å². The maximum atomic E-state index is 12.9. The van der Waals surface area contributed by atoms with E-state index in [0.717, 1.165) is 6.07 Å². The number of likely N-dealkylation sites (tertiary alicyclic amines) is 1. The van der Waals surface area contributed by atoms with E-state index in [4.69, 9.17) is 21.5 Å². The molecule has 16 heteroatoms. The second-order valence-electron chi connectivity index (χ2n) is 9.00. The minimum atomic E-state index is -4.26. The molecule has 0 bridgehead atoms. The Hall–Kier alpha value is -2.56. The molecule has 2 heterocycles. The first-order valence-corrected chi connectivity index (χ1v) is 15.3. The Morgan fingerprint density at radius 3 is 2.66 bits per heavy atom. The maximum absolute atomic E-state index is 12.9. The smallest absolute Gasteiger partial charge is 0.326 e. The number of fused-ring (bicyclic) bond motifs is 1. The van der Waals surface area contributed by atoms with Gasteiger partial charge in [0.1, 0.15) is 33.9 Å². The number of halogens is 1. The number of nitrogens with two attached hydrogens (primary N) is 1. The van der Waals surface area contributed by atoms with Crippen LogP contribution < -0.4 is 19.9 Å². The standard InChI is InChI=1S/C22H25ClN4O8S3/c1-11(10-36)21(28)27-9-14(6-17(27)22(29)30)35-13-4-2-3-12(5-13)20-25-16-7-15(23)18(37(24,31)32)8-19(16)38(33,34)26-20/h2-5,7-8,11,14,17,20,25-26,36H,6,9-10H2,1H3,(H,29,30)(H2,24,31,32)/t11?,14?,17-,20?/m0/s1. The number of hydrogen-bond acceptors (Lipinski definition) is 9. The van der Waals surface area contributed by atoms with Crippen LogP contribution >= 0.6 is 24.2 Å². The molecule has 0 aromatic heterocycles. The van der Waals surface area contributed by atoms with Crippen molar-refractivity contribution in [3.05, 3.63) is 47.0 Å². The van der Waals surface area contributed by atoms with Crippen LogP contribution in [-0.4, -0.2) is 63.2 Å². The van der Waals surface area contributed by atoms with Crippen molar-refractivity contribution in [2.45, 2.75) is 41.4 Å². The number of nitrogens with zero attached hydrogens (tertiary/aromatic N) is 1. The average molecular weight is 605 g/mol. The molecule has 2 aromatic rings. The highest BCUT2D eigenvalue weighted by Crippen LogP contribution is 2.37. The number of sulfonamides is 2. The lowest BCUT2D eigenvalue weighted by Crippen LogP contribution is -2.43. The Bertz CT molecular complexity index is 1500. The molecular weight excluding hydrogens is 580 g/mol. The number of thiol groups is 1. The van der Waals surface area contributed by atoms with Gasteiger partial charge in [0.05, 0.1) is 17.3 Å². The Kier molecular flexibility index (Phi) is 7.89. The second kappa shape index (κ2) is 10.5. The van der Waals surface area contributed by atoms with Crippen LogP contribution in [0.5, 0.6) is 5.75 Å². The van der Waals surface area contributed by atoms with Crippen molar-refractivity contribution in [1.82, 2.24) is 9.62 Å². The lowest BCUT2D eigenvalue weighted by molar-refractivity contribution is -0.149. The van der Waals surface area contributed by atoms with Gasteiger partial charge >= 0.3 is 5.97 Å². The zero-order valence-electron chi connectivity index (χ0n) is 19.9. The fourth-order valence-electron chi connectivity index (χ4n) is 4.32. The predicted molar refractivity (Wildman–Crippen MR) is 141 cm³/mol. The molecule has 3 unspecified atom stereocenters. The summed E-state index contributed by atoms with van der Waals surface area (Å²) in [5.74, 6) is -1.30. The topological polar surface area (TPSA) is 185 Å². The van der Waals surface area contributed by atoms with E-state index >= 15 is 0 Å². The molecule has 12 nitrogen and oxygen atoms in total. The van der Waals surface area contributed by atoms with Crippen molar-refractivity contribution in [2.24, 2.45) is 11.1 Å². The lowest BCUT2D eigenvalue weighted by Gasteiger charge is -2.29. The zero-order chi connectivity index (χ0) is 28.0. The molecule has 0 spiro atoms. The fourth-order valence-corrected chi connectivity index (χ4v) is 6.97. The van der Waals surface area contributed by atoms with Crippen molar-refractivity contribution in [1.29, 1.82) is 0 Å². The van der Waals surface area contributed by atoms with Crippen molar-refractivity contribution in [3.63, 3.8) is 0 Å². The molecule has 38 heavy (non-hydrogen) atoms. The van der Waals surface area contributed by atoms with E-state index in [1.54, 1.807) is 31.2 Å². The maximum Gasteiger partial charge on any atom is 0.326 e. The number of anilines is 1. The molecule has 5 N–H and O–H groups in total. The highest BCUT2D eigenvalue weighted by molar-refractivity contribution is 7.90. The Morgan fingerprint density at radius 2 is 2.03 bits per heavy atom. The summed E-state index contributed by atoms with van der Waals surface area (Å²) in [5, 5.41) is 17.5. The summed E-state index contributed by atoms with van der Waals surface area (Å²) in [7, 11) is -8.42. The van der Waals surface area contributed by atoms with E-state index in [-0.39, 0.29) is 40.2 Å². The number of ether oxygens (including phenoxy) is 1. The fraction of sp³-hybridized carbons (Fsp3) is 0.364. The first kappa shape index (κ1) is 28.4. The average Bonchev–Trinajstić information content (AvgIpc) is 3.25. The van der Waals surface area contributed by atoms with Gasteiger partial charge in [0.25, 0.3) is 0 Å². The number of amides is 1. The summed E-state index contributed by atoms with van der Waals surface area (Å²) >= 11 is 10.2. The first-order chi connectivity index (χ1) is 17.7. The van der Waals surface area contributed by atoms with Gasteiger partial charge < -0.3 is 20.1 Å². The van der Waals surface area contributed by atoms with Gasteiger partial charge in [-0.25, -0.2) is 26.8 Å². The van der Waals surface area contributed by atoms with Crippen molar-refractivity contribution >= 4 is 61.8 Å². The van der Waals surface area contributed by atoms with Crippen molar-refractivity contribution in [3.8, 4) is 5.75 Å². The van der Waals surface area contributed by atoms with E-state index < -0.39 is 55.1 Å². The molecule has 0 aliphatic carbocycles. The van der Waals surface area contributed by atoms with Crippen LogP contribution in [0.3, 0.4) is 0 Å². The van der Waals surface area contributed by atoms with E-state index in [0.29, 0.717) is 11.3 Å². The monoisotopic (exact) mass is 604 g/mol. The Morgan fingerprint density at radius 1 is 1.32 bits per heavy atom. The molecule has 1 saturated heterocycles. The van der Waals surface area contributed by atoms with E-state index in [9.17, 15) is 31.5 Å². The number of nitrogens with one attached hydrogen (secondary N) is 2. The van der Waals surface area contributed by atoms with Gasteiger partial charge in [-0.2, -0.15) is 17.4 Å². The first-order valence-electron chi connectivity index (χ1n) is 11.3. The number of aliphatic carboxylic acids is 1. The summed E-state index contributed by atoms with van der Waals surface area (Å²) in [6.45, 7) is 1.75. The van der Waals surface area contributed by atoms with Gasteiger partial charge in [-0.15, -0.1) is 0 Å². The molecule has 0 saturated carbocycles. The number of benzene rings is 2. The van der Waals surface area contributed by atoms with Crippen LogP contribution in [-0.2, 0) is 29.6 Å². The third kappa shape index (κ3) is 5.72. The number of primary sulfonamides is 1. The van der Waals surface area contributed by atoms with E-state index in [1.165, 1.54) is 11.0 Å². The highest BCUT2D eigenvalue weighted by atomic mass is 35.5. The lowest BCUT2D eigenvalue weighted by atomic mass is 10.1. The van der Waals surface area contributed by atoms with Crippen LogP contribution in [0.15, 0.2) is 46.2 Å². The van der Waals surface area contributed by atoms with Gasteiger partial charge in [0.15, 0.2) is 0 Å². The van der Waals surface area contributed by atoms with Gasteiger partial charge in [-0.3, -0.25) is 4.79 Å². The number of rotatable bonds is 7. The van der Waals surface area contributed by atoms with Gasteiger partial charge in [-0.1, -0.05) is 30.7 Å². The largest absolute Gasteiger partial charge is 0.488 e. The minimum Gasteiger partial charge on any atom is -0.488 e. The molecule has 0 radical (unpaired) electrons. The molecule has 2 aliphatic heterocycles. The van der Waals surface area contributed by atoms with Crippen molar-refractivity contribution in [2.75, 3.05) is 17.6 Å². The van der Waals surface area contributed by atoms with Crippen molar-refractivity contribution < 1.29 is 36.3 Å². The van der Waals surface area contributed by atoms with Gasteiger partial charge in [0, 0.05) is 18.1 Å². The Balaban J connectivity index is 1.56. The van der Waals surface area contributed by atoms with Crippen LogP contribution in [0.4, 0.5) is 5.69 Å². The molecule has 2 aliphatic rings. The summed E-state index contributed by atoms with van der Waals surface area (Å²) in [6.07, 6.45) is -1.48. The second-order valence-corrected chi connectivity index (χ2v) is 13.0. The summed E-state index contributed by atoms with van der Waals surface area (Å²) in [6, 6.07) is 7.49. The summed E-state index contributed by atoms with van der Waals surface area (Å²) in [5.41, 5.74) is 0.526. The normalized spacial score (nSPS) is 23.3. The van der Waals surface area contributed by atoms with E-state index in [1.807, 2.05) is 0 Å². The molecule has 2 aromatic carbocycles.